The maximum Gasteiger partial charge on any atom is 0.275 e. The predicted octanol–water partition coefficient (Wildman–Crippen LogP) is 0.903. The summed E-state index contributed by atoms with van der Waals surface area (Å²) in [5.74, 6) is -2.08. The second-order valence-electron chi connectivity index (χ2n) is 2.74. The first kappa shape index (κ1) is 8.38. The Bertz CT molecular complexity index is 490. The van der Waals surface area contributed by atoms with Gasteiger partial charge in [0.15, 0.2) is 6.19 Å². The quantitative estimate of drug-likeness (QED) is 0.451. The number of nitriles is 1. The fourth-order valence-corrected chi connectivity index (χ4v) is 1.30. The topological polar surface area (TPSA) is 61.2 Å². The molecule has 2 rings (SSSR count). The van der Waals surface area contributed by atoms with Crippen LogP contribution in [0.1, 0.15) is 20.7 Å². The van der Waals surface area contributed by atoms with Crippen LogP contribution in [-0.4, -0.2) is 16.7 Å². The van der Waals surface area contributed by atoms with Gasteiger partial charge >= 0.3 is 0 Å². The number of benzene rings is 1. The van der Waals surface area contributed by atoms with Crippen LogP contribution in [0.15, 0.2) is 18.2 Å². The van der Waals surface area contributed by atoms with Gasteiger partial charge in [-0.1, -0.05) is 0 Å². The van der Waals surface area contributed by atoms with E-state index in [2.05, 4.69) is 0 Å². The third-order valence-electron chi connectivity index (χ3n) is 1.95. The monoisotopic (exact) mass is 190 g/mol. The molecule has 0 aliphatic carbocycles. The molecule has 0 atom stereocenters. The number of nitrogens with zero attached hydrogens (tertiary/aromatic N) is 2. The number of halogens is 1. The van der Waals surface area contributed by atoms with Crippen LogP contribution < -0.4 is 0 Å². The number of rotatable bonds is 0. The molecule has 0 fully saturated rings. The lowest BCUT2D eigenvalue weighted by Crippen LogP contribution is -2.23. The largest absolute Gasteiger partial charge is 0.275 e. The van der Waals surface area contributed by atoms with Gasteiger partial charge in [-0.3, -0.25) is 9.59 Å². The van der Waals surface area contributed by atoms with Crippen LogP contribution in [0.5, 0.6) is 0 Å². The van der Waals surface area contributed by atoms with E-state index in [1.807, 2.05) is 0 Å². The summed E-state index contributed by atoms with van der Waals surface area (Å²) >= 11 is 0. The fourth-order valence-electron chi connectivity index (χ4n) is 1.30. The number of carbonyl (C=O) groups is 2. The zero-order valence-electron chi connectivity index (χ0n) is 6.82. The Morgan fingerprint density at radius 3 is 2.50 bits per heavy atom. The zero-order chi connectivity index (χ0) is 10.3. The molecule has 1 aliphatic rings. The van der Waals surface area contributed by atoms with E-state index in [-0.39, 0.29) is 11.1 Å². The van der Waals surface area contributed by atoms with Crippen LogP contribution in [-0.2, 0) is 0 Å². The van der Waals surface area contributed by atoms with E-state index in [1.165, 1.54) is 12.3 Å². The molecule has 5 heteroatoms. The van der Waals surface area contributed by atoms with Crippen LogP contribution in [0.3, 0.4) is 0 Å². The highest BCUT2D eigenvalue weighted by Gasteiger charge is 2.35. The summed E-state index contributed by atoms with van der Waals surface area (Å²) in [4.78, 5) is 23.0. The highest BCUT2D eigenvalue weighted by molar-refractivity contribution is 6.22. The zero-order valence-corrected chi connectivity index (χ0v) is 6.82. The maximum absolute atomic E-state index is 12.7. The second kappa shape index (κ2) is 2.64. The maximum atomic E-state index is 12.7. The van der Waals surface area contributed by atoms with E-state index in [0.717, 1.165) is 12.1 Å². The average molecular weight is 190 g/mol. The smallest absolute Gasteiger partial charge is 0.267 e. The SMILES string of the molecule is N#CN1C(=O)c2ccc(F)cc2C1=O. The number of imide groups is 1. The molecular weight excluding hydrogens is 187 g/mol. The Hall–Kier alpha value is -2.22. The number of fused-ring (bicyclic) bond motifs is 1. The van der Waals surface area contributed by atoms with Gasteiger partial charge in [0.25, 0.3) is 11.8 Å². The van der Waals surface area contributed by atoms with E-state index in [9.17, 15) is 14.0 Å². The van der Waals surface area contributed by atoms with Crippen molar-refractivity contribution in [3.05, 3.63) is 35.1 Å². The minimum Gasteiger partial charge on any atom is -0.267 e. The third kappa shape index (κ3) is 0.910. The third-order valence-corrected chi connectivity index (χ3v) is 1.95. The summed E-state index contributed by atoms with van der Waals surface area (Å²) in [6.07, 6.45) is 1.44. The van der Waals surface area contributed by atoms with Crippen molar-refractivity contribution in [3.8, 4) is 6.19 Å². The normalized spacial score (nSPS) is 14.1. The first-order chi connectivity index (χ1) is 6.65. The molecule has 0 saturated heterocycles. The highest BCUT2D eigenvalue weighted by Crippen LogP contribution is 2.22. The Morgan fingerprint density at radius 1 is 1.21 bits per heavy atom. The Balaban J connectivity index is 2.66. The van der Waals surface area contributed by atoms with Crippen LogP contribution in [0, 0.1) is 17.3 Å². The average Bonchev–Trinajstić information content (AvgIpc) is 2.39. The van der Waals surface area contributed by atoms with Gasteiger partial charge in [0, 0.05) is 0 Å². The fraction of sp³-hybridized carbons (Fsp3) is 0. The lowest BCUT2D eigenvalue weighted by molar-refractivity contribution is 0.0732. The molecule has 1 aliphatic heterocycles. The molecule has 0 radical (unpaired) electrons. The standard InChI is InChI=1S/C9H3FN2O2/c10-5-1-2-6-7(3-5)9(14)12(4-11)8(6)13/h1-3H. The molecule has 0 N–H and O–H groups in total. The van der Waals surface area contributed by atoms with Gasteiger partial charge in [-0.05, 0) is 18.2 Å². The van der Waals surface area contributed by atoms with Crippen LogP contribution >= 0.6 is 0 Å². The number of hydrogen-bond donors (Lipinski definition) is 0. The molecule has 68 valence electrons. The van der Waals surface area contributed by atoms with E-state index < -0.39 is 17.6 Å². The van der Waals surface area contributed by atoms with E-state index in [4.69, 9.17) is 5.26 Å². The van der Waals surface area contributed by atoms with E-state index in [1.54, 1.807) is 0 Å². The summed E-state index contributed by atoms with van der Waals surface area (Å²) in [5, 5.41) is 8.49. The van der Waals surface area contributed by atoms with Gasteiger partial charge in [0.1, 0.15) is 5.82 Å². The molecule has 0 saturated carbocycles. The van der Waals surface area contributed by atoms with Gasteiger partial charge in [-0.15, -0.1) is 0 Å². The van der Waals surface area contributed by atoms with Gasteiger partial charge < -0.3 is 0 Å². The van der Waals surface area contributed by atoms with Crippen molar-refractivity contribution < 1.29 is 14.0 Å². The first-order valence-electron chi connectivity index (χ1n) is 3.73. The molecule has 1 heterocycles. The molecule has 14 heavy (non-hydrogen) atoms. The molecular formula is C9H3FN2O2. The number of carbonyl (C=O) groups excluding carboxylic acids is 2. The second-order valence-corrected chi connectivity index (χ2v) is 2.74. The predicted molar refractivity (Wildman–Crippen MR) is 42.5 cm³/mol. The van der Waals surface area contributed by atoms with Crippen molar-refractivity contribution in [1.29, 1.82) is 5.26 Å². The van der Waals surface area contributed by atoms with Crippen molar-refractivity contribution in [1.82, 2.24) is 4.90 Å². The molecule has 0 unspecified atom stereocenters. The van der Waals surface area contributed by atoms with Crippen LogP contribution in [0.2, 0.25) is 0 Å². The highest BCUT2D eigenvalue weighted by atomic mass is 19.1. The molecule has 1 aromatic rings. The molecule has 0 aromatic heterocycles. The lowest BCUT2D eigenvalue weighted by Gasteiger charge is -1.97. The van der Waals surface area contributed by atoms with Crippen LogP contribution in [0.4, 0.5) is 4.39 Å². The molecule has 1 aromatic carbocycles. The Kier molecular flexibility index (Phi) is 1.58. The summed E-state index contributed by atoms with van der Waals surface area (Å²) in [5.41, 5.74) is 0.00880. The summed E-state index contributed by atoms with van der Waals surface area (Å²) in [6.45, 7) is 0. The van der Waals surface area contributed by atoms with Crippen molar-refractivity contribution in [2.75, 3.05) is 0 Å². The van der Waals surface area contributed by atoms with Gasteiger partial charge in [0.2, 0.25) is 0 Å². The van der Waals surface area contributed by atoms with Crippen LogP contribution in [0.25, 0.3) is 0 Å². The van der Waals surface area contributed by atoms with E-state index >= 15 is 0 Å². The van der Waals surface area contributed by atoms with Crippen molar-refractivity contribution in [2.45, 2.75) is 0 Å². The minimum absolute atomic E-state index is 0.0587. The van der Waals surface area contributed by atoms with Crippen molar-refractivity contribution >= 4 is 11.8 Å². The summed E-state index contributed by atoms with van der Waals surface area (Å²) in [6, 6.07) is 3.22. The molecule has 4 nitrogen and oxygen atoms in total. The van der Waals surface area contributed by atoms with Crippen molar-refractivity contribution in [3.63, 3.8) is 0 Å². The molecule has 2 amide bonds. The van der Waals surface area contributed by atoms with Gasteiger partial charge in [0.05, 0.1) is 11.1 Å². The lowest BCUT2D eigenvalue weighted by atomic mass is 10.1. The molecule has 0 spiro atoms. The van der Waals surface area contributed by atoms with Gasteiger partial charge in [-0.25, -0.2) is 4.39 Å². The first-order valence-corrected chi connectivity index (χ1v) is 3.73. The summed E-state index contributed by atoms with van der Waals surface area (Å²) in [7, 11) is 0. The molecule has 0 bridgehead atoms. The van der Waals surface area contributed by atoms with E-state index in [0.29, 0.717) is 4.90 Å². The van der Waals surface area contributed by atoms with Gasteiger partial charge in [-0.2, -0.15) is 10.2 Å². The minimum atomic E-state index is -0.771. The van der Waals surface area contributed by atoms with Crippen molar-refractivity contribution in [2.24, 2.45) is 0 Å². The number of amides is 2. The number of hydrogen-bond acceptors (Lipinski definition) is 3. The Labute approximate surface area is 78.2 Å². The summed E-state index contributed by atoms with van der Waals surface area (Å²) < 4.78 is 12.7. The Morgan fingerprint density at radius 2 is 1.86 bits per heavy atom.